The molecule has 0 saturated carbocycles. The van der Waals surface area contributed by atoms with Crippen molar-refractivity contribution in [2.75, 3.05) is 19.6 Å². The molecule has 0 aliphatic carbocycles. The molecule has 26 heavy (non-hydrogen) atoms. The second-order valence-corrected chi connectivity index (χ2v) is 6.54. The third kappa shape index (κ3) is 5.17. The predicted molar refractivity (Wildman–Crippen MR) is 101 cm³/mol. The average molecular weight is 351 g/mol. The van der Waals surface area contributed by atoms with Gasteiger partial charge in [-0.1, -0.05) is 60.7 Å². The Bertz CT molecular complexity index is 719. The van der Waals surface area contributed by atoms with Gasteiger partial charge in [0.1, 0.15) is 0 Å². The van der Waals surface area contributed by atoms with Crippen LogP contribution in [0.25, 0.3) is 0 Å². The minimum Gasteiger partial charge on any atom is -0.356 e. The molecule has 0 aromatic heterocycles. The normalized spacial score (nSPS) is 17.2. The highest BCUT2D eigenvalue weighted by Gasteiger charge is 2.29. The molecule has 2 N–H and O–H groups in total. The first-order valence-corrected chi connectivity index (χ1v) is 9.09. The van der Waals surface area contributed by atoms with Crippen molar-refractivity contribution in [2.45, 2.75) is 25.4 Å². The number of nitrogens with one attached hydrogen (secondary N) is 2. The molecule has 136 valence electrons. The van der Waals surface area contributed by atoms with Crippen molar-refractivity contribution in [3.63, 3.8) is 0 Å². The summed E-state index contributed by atoms with van der Waals surface area (Å²) < 4.78 is 0. The molecule has 1 aliphatic rings. The number of benzene rings is 2. The van der Waals surface area contributed by atoms with Crippen LogP contribution in [0.5, 0.6) is 0 Å². The molecule has 1 fully saturated rings. The van der Waals surface area contributed by atoms with Crippen LogP contribution in [-0.2, 0) is 22.6 Å². The summed E-state index contributed by atoms with van der Waals surface area (Å²) in [5, 5.41) is 6.09. The molecule has 0 bridgehead atoms. The molecule has 1 aliphatic heterocycles. The van der Waals surface area contributed by atoms with Crippen molar-refractivity contribution in [3.05, 3.63) is 71.8 Å². The number of rotatable bonds is 7. The molecule has 1 atom stereocenters. The Morgan fingerprint density at radius 3 is 2.38 bits per heavy atom. The summed E-state index contributed by atoms with van der Waals surface area (Å²) >= 11 is 0. The lowest BCUT2D eigenvalue weighted by Gasteiger charge is -2.33. The maximum Gasteiger partial charge on any atom is 0.240 e. The van der Waals surface area contributed by atoms with Crippen molar-refractivity contribution in [1.82, 2.24) is 15.5 Å². The summed E-state index contributed by atoms with van der Waals surface area (Å²) in [4.78, 5) is 26.7. The quantitative estimate of drug-likeness (QED) is 0.799. The first-order valence-electron chi connectivity index (χ1n) is 9.09. The van der Waals surface area contributed by atoms with Crippen LogP contribution in [0.15, 0.2) is 60.7 Å². The lowest BCUT2D eigenvalue weighted by Crippen LogP contribution is -2.55. The predicted octanol–water partition coefficient (Wildman–Crippen LogP) is 1.74. The molecule has 0 spiro atoms. The van der Waals surface area contributed by atoms with Crippen LogP contribution in [0.4, 0.5) is 0 Å². The fourth-order valence-corrected chi connectivity index (χ4v) is 3.16. The molecule has 2 aromatic carbocycles. The van der Waals surface area contributed by atoms with Gasteiger partial charge in [-0.15, -0.1) is 0 Å². The zero-order valence-corrected chi connectivity index (χ0v) is 14.9. The summed E-state index contributed by atoms with van der Waals surface area (Å²) in [6.07, 6.45) is 0.970. The van der Waals surface area contributed by atoms with E-state index in [1.807, 2.05) is 65.6 Å². The van der Waals surface area contributed by atoms with Gasteiger partial charge >= 0.3 is 0 Å². The number of piperazine rings is 1. The van der Waals surface area contributed by atoms with Crippen LogP contribution in [-0.4, -0.2) is 42.4 Å². The molecule has 1 heterocycles. The van der Waals surface area contributed by atoms with Gasteiger partial charge in [-0.05, 0) is 17.5 Å². The van der Waals surface area contributed by atoms with E-state index in [0.717, 1.165) is 12.0 Å². The van der Waals surface area contributed by atoms with Crippen LogP contribution in [0.1, 0.15) is 17.5 Å². The fraction of sp³-hybridized carbons (Fsp3) is 0.333. The Labute approximate surface area is 154 Å². The van der Waals surface area contributed by atoms with Crippen LogP contribution in [0, 0.1) is 0 Å². The van der Waals surface area contributed by atoms with Gasteiger partial charge in [-0.3, -0.25) is 9.59 Å². The zero-order valence-electron chi connectivity index (χ0n) is 14.9. The van der Waals surface area contributed by atoms with Gasteiger partial charge in [0.05, 0.1) is 12.5 Å². The fourth-order valence-electron chi connectivity index (χ4n) is 3.16. The third-order valence-electron chi connectivity index (χ3n) is 4.57. The first-order chi connectivity index (χ1) is 12.7. The van der Waals surface area contributed by atoms with Gasteiger partial charge in [0.15, 0.2) is 0 Å². The van der Waals surface area contributed by atoms with E-state index in [0.29, 0.717) is 26.2 Å². The summed E-state index contributed by atoms with van der Waals surface area (Å²) in [7, 11) is 0. The number of amides is 2. The van der Waals surface area contributed by atoms with Crippen LogP contribution >= 0.6 is 0 Å². The monoisotopic (exact) mass is 351 g/mol. The molecule has 0 radical (unpaired) electrons. The second-order valence-electron chi connectivity index (χ2n) is 6.54. The molecule has 2 aromatic rings. The Kier molecular flexibility index (Phi) is 6.39. The van der Waals surface area contributed by atoms with Crippen molar-refractivity contribution in [3.8, 4) is 0 Å². The highest BCUT2D eigenvalue weighted by atomic mass is 16.2. The summed E-state index contributed by atoms with van der Waals surface area (Å²) in [5.41, 5.74) is 2.29. The maximum atomic E-state index is 12.6. The second kappa shape index (κ2) is 9.15. The first kappa shape index (κ1) is 18.1. The van der Waals surface area contributed by atoms with E-state index < -0.39 is 6.04 Å². The van der Waals surface area contributed by atoms with Gasteiger partial charge in [-0.2, -0.15) is 0 Å². The van der Waals surface area contributed by atoms with E-state index in [9.17, 15) is 9.59 Å². The average Bonchev–Trinajstić information content (AvgIpc) is 2.67. The van der Waals surface area contributed by atoms with Gasteiger partial charge in [0, 0.05) is 26.2 Å². The summed E-state index contributed by atoms with van der Waals surface area (Å²) in [6, 6.07) is 19.5. The van der Waals surface area contributed by atoms with E-state index in [4.69, 9.17) is 0 Å². The Morgan fingerprint density at radius 1 is 1.04 bits per heavy atom. The lowest BCUT2D eigenvalue weighted by atomic mass is 10.1. The molecule has 1 saturated heterocycles. The summed E-state index contributed by atoms with van der Waals surface area (Å²) in [6.45, 7) is 2.55. The van der Waals surface area contributed by atoms with E-state index in [2.05, 4.69) is 10.6 Å². The van der Waals surface area contributed by atoms with Crippen LogP contribution < -0.4 is 10.6 Å². The Morgan fingerprint density at radius 2 is 1.69 bits per heavy atom. The van der Waals surface area contributed by atoms with Gasteiger partial charge in [-0.25, -0.2) is 0 Å². The minimum atomic E-state index is -0.441. The Hall–Kier alpha value is -2.66. The smallest absolute Gasteiger partial charge is 0.240 e. The minimum absolute atomic E-state index is 0.00156. The topological polar surface area (TPSA) is 61.4 Å². The lowest BCUT2D eigenvalue weighted by molar-refractivity contribution is -0.138. The van der Waals surface area contributed by atoms with E-state index >= 15 is 0 Å². The van der Waals surface area contributed by atoms with Gasteiger partial charge < -0.3 is 15.5 Å². The van der Waals surface area contributed by atoms with Crippen LogP contribution in [0.3, 0.4) is 0 Å². The SMILES string of the molecule is O=C(CC1NCCN(Cc2ccccc2)C1=O)NCCc1ccccc1. The molecule has 5 heteroatoms. The van der Waals surface area contributed by atoms with Crippen LogP contribution in [0.2, 0.25) is 0 Å². The number of hydrogen-bond acceptors (Lipinski definition) is 3. The highest BCUT2D eigenvalue weighted by molar-refractivity contribution is 5.88. The molecule has 3 rings (SSSR count). The van der Waals surface area contributed by atoms with E-state index in [1.165, 1.54) is 5.56 Å². The largest absolute Gasteiger partial charge is 0.356 e. The molecular weight excluding hydrogens is 326 g/mol. The third-order valence-corrected chi connectivity index (χ3v) is 4.57. The molecule has 2 amide bonds. The van der Waals surface area contributed by atoms with Crippen molar-refractivity contribution >= 4 is 11.8 Å². The molecule has 5 nitrogen and oxygen atoms in total. The van der Waals surface area contributed by atoms with Crippen molar-refractivity contribution < 1.29 is 9.59 Å². The molecule has 1 unspecified atom stereocenters. The summed E-state index contributed by atoms with van der Waals surface area (Å²) in [5.74, 6) is -0.0911. The van der Waals surface area contributed by atoms with Gasteiger partial charge in [0.25, 0.3) is 0 Å². The maximum absolute atomic E-state index is 12.6. The molecular formula is C21H25N3O2. The van der Waals surface area contributed by atoms with Gasteiger partial charge in [0.2, 0.25) is 11.8 Å². The zero-order chi connectivity index (χ0) is 18.2. The Balaban J connectivity index is 1.46. The number of nitrogens with zero attached hydrogens (tertiary/aromatic N) is 1. The number of hydrogen-bond donors (Lipinski definition) is 2. The van der Waals surface area contributed by atoms with E-state index in [1.54, 1.807) is 0 Å². The number of carbonyl (C=O) groups is 2. The highest BCUT2D eigenvalue weighted by Crippen LogP contribution is 2.10. The standard InChI is InChI=1S/C21H25N3O2/c25-20(23-12-11-17-7-3-1-4-8-17)15-19-21(26)24(14-13-22-19)16-18-9-5-2-6-10-18/h1-10,19,22H,11-16H2,(H,23,25). The van der Waals surface area contributed by atoms with Crippen molar-refractivity contribution in [1.29, 1.82) is 0 Å². The van der Waals surface area contributed by atoms with Crippen molar-refractivity contribution in [2.24, 2.45) is 0 Å². The number of carbonyl (C=O) groups excluding carboxylic acids is 2. The van der Waals surface area contributed by atoms with E-state index in [-0.39, 0.29) is 18.2 Å².